The Morgan fingerprint density at radius 3 is 2.44 bits per heavy atom. The van der Waals surface area contributed by atoms with Crippen molar-refractivity contribution in [1.82, 2.24) is 5.32 Å². The van der Waals surface area contributed by atoms with E-state index in [-0.39, 0.29) is 6.10 Å². The summed E-state index contributed by atoms with van der Waals surface area (Å²) < 4.78 is 9.94. The van der Waals surface area contributed by atoms with Gasteiger partial charge in [-0.15, -0.1) is 0 Å². The largest absolute Gasteiger partial charge is 0.447 e. The number of nitrogens with one attached hydrogen (secondary N) is 1. The number of aliphatic hydroxyl groups is 3. The van der Waals surface area contributed by atoms with Crippen LogP contribution in [0.5, 0.6) is 0 Å². The summed E-state index contributed by atoms with van der Waals surface area (Å²) in [5, 5.41) is 31.5. The third kappa shape index (κ3) is 3.55. The van der Waals surface area contributed by atoms with E-state index in [0.717, 1.165) is 0 Å². The van der Waals surface area contributed by atoms with Gasteiger partial charge in [-0.25, -0.2) is 4.79 Å². The number of amides is 1. The van der Waals surface area contributed by atoms with Crippen molar-refractivity contribution in [3.8, 4) is 0 Å². The molecule has 7 nitrogen and oxygen atoms in total. The van der Waals surface area contributed by atoms with Crippen LogP contribution >= 0.6 is 0 Å². The highest BCUT2D eigenvalue weighted by Gasteiger charge is 2.44. The van der Waals surface area contributed by atoms with Crippen LogP contribution in [0.2, 0.25) is 0 Å². The maximum Gasteiger partial charge on any atom is 0.407 e. The zero-order valence-electron chi connectivity index (χ0n) is 10.7. The third-order valence-electron chi connectivity index (χ3n) is 2.75. The lowest BCUT2D eigenvalue weighted by molar-refractivity contribution is -0.246. The highest BCUT2D eigenvalue weighted by Crippen LogP contribution is 2.21. The Bertz CT molecular complexity index is 285. The lowest BCUT2D eigenvalue weighted by Gasteiger charge is -2.40. The lowest BCUT2D eigenvalue weighted by atomic mass is 9.95. The average molecular weight is 263 g/mol. The number of aliphatic hydroxyl groups excluding tert-OH is 3. The van der Waals surface area contributed by atoms with Gasteiger partial charge in [-0.1, -0.05) is 6.92 Å². The van der Waals surface area contributed by atoms with Crippen LogP contribution < -0.4 is 5.32 Å². The Hall–Kier alpha value is -0.890. The van der Waals surface area contributed by atoms with Crippen molar-refractivity contribution in [2.75, 3.05) is 0 Å². The molecule has 18 heavy (non-hydrogen) atoms. The Morgan fingerprint density at radius 2 is 1.94 bits per heavy atom. The third-order valence-corrected chi connectivity index (χ3v) is 2.75. The molecule has 0 radical (unpaired) electrons. The van der Waals surface area contributed by atoms with Crippen molar-refractivity contribution in [2.24, 2.45) is 0 Å². The second-order valence-corrected chi connectivity index (χ2v) is 4.58. The molecule has 0 saturated carbocycles. The van der Waals surface area contributed by atoms with Crippen molar-refractivity contribution >= 4 is 6.09 Å². The van der Waals surface area contributed by atoms with Crippen LogP contribution in [0.1, 0.15) is 27.2 Å². The summed E-state index contributed by atoms with van der Waals surface area (Å²) in [6, 6.07) is -1.12. The number of carbonyl (C=O) groups is 1. The van der Waals surface area contributed by atoms with E-state index in [1.165, 1.54) is 0 Å². The molecule has 7 heteroatoms. The number of rotatable bonds is 3. The minimum Gasteiger partial charge on any atom is -0.447 e. The van der Waals surface area contributed by atoms with E-state index in [1.807, 2.05) is 0 Å². The van der Waals surface area contributed by atoms with E-state index in [9.17, 15) is 20.1 Å². The smallest absolute Gasteiger partial charge is 0.407 e. The summed E-state index contributed by atoms with van der Waals surface area (Å²) in [4.78, 5) is 11.4. The molecule has 4 N–H and O–H groups in total. The quantitative estimate of drug-likeness (QED) is 0.538. The first kappa shape index (κ1) is 15.2. The summed E-state index contributed by atoms with van der Waals surface area (Å²) in [6.45, 7) is 5.10. The molecule has 0 aromatic carbocycles. The fraction of sp³-hybridized carbons (Fsp3) is 0.909. The van der Waals surface area contributed by atoms with E-state index >= 15 is 0 Å². The van der Waals surface area contributed by atoms with Gasteiger partial charge in [0.05, 0.1) is 12.2 Å². The van der Waals surface area contributed by atoms with E-state index in [4.69, 9.17) is 9.47 Å². The van der Waals surface area contributed by atoms with Gasteiger partial charge in [0.15, 0.2) is 6.29 Å². The number of alkyl carbamates (subject to hydrolysis) is 1. The van der Waals surface area contributed by atoms with Gasteiger partial charge in [-0.3, -0.25) is 0 Å². The molecule has 1 amide bonds. The van der Waals surface area contributed by atoms with Gasteiger partial charge in [-0.2, -0.15) is 0 Å². The van der Waals surface area contributed by atoms with Crippen molar-refractivity contribution in [1.29, 1.82) is 0 Å². The molecule has 1 aliphatic heterocycles. The summed E-state index contributed by atoms with van der Waals surface area (Å²) >= 11 is 0. The second kappa shape index (κ2) is 6.33. The van der Waals surface area contributed by atoms with Crippen molar-refractivity contribution in [3.63, 3.8) is 0 Å². The highest BCUT2D eigenvalue weighted by atomic mass is 16.6. The van der Waals surface area contributed by atoms with E-state index in [2.05, 4.69) is 5.32 Å². The molecule has 106 valence electrons. The van der Waals surface area contributed by atoms with Crippen LogP contribution in [0.4, 0.5) is 4.79 Å². The standard InChI is InChI=1S/C11H21NO6/c1-4-6-8(13)9(14)7(10(15)18-6)12-11(16)17-5(2)3/h5-10,13-15H,4H2,1-3H3,(H,12,16)/t6-,7?,8-,9-,10?/m1/s1. The maximum atomic E-state index is 11.4. The van der Waals surface area contributed by atoms with Gasteiger partial charge in [0, 0.05) is 0 Å². The summed E-state index contributed by atoms with van der Waals surface area (Å²) in [5.74, 6) is 0. The number of ether oxygens (including phenoxy) is 2. The molecule has 0 spiro atoms. The Labute approximate surface area is 106 Å². The molecule has 0 aromatic rings. The number of hydrogen-bond donors (Lipinski definition) is 4. The van der Waals surface area contributed by atoms with Crippen molar-refractivity contribution in [3.05, 3.63) is 0 Å². The Balaban J connectivity index is 2.62. The van der Waals surface area contributed by atoms with Crippen LogP contribution in [-0.4, -0.2) is 58.2 Å². The van der Waals surface area contributed by atoms with Crippen molar-refractivity contribution in [2.45, 2.75) is 63.9 Å². The minimum atomic E-state index is -1.38. The molecular weight excluding hydrogens is 242 g/mol. The maximum absolute atomic E-state index is 11.4. The molecule has 1 fully saturated rings. The van der Waals surface area contributed by atoms with Crippen LogP contribution in [-0.2, 0) is 9.47 Å². The fourth-order valence-electron chi connectivity index (χ4n) is 1.82. The molecule has 5 atom stereocenters. The van der Waals surface area contributed by atoms with Gasteiger partial charge in [0.1, 0.15) is 18.2 Å². The molecule has 1 saturated heterocycles. The Kier molecular flexibility index (Phi) is 5.33. The van der Waals surface area contributed by atoms with Crippen LogP contribution in [0.25, 0.3) is 0 Å². The van der Waals surface area contributed by atoms with E-state index < -0.39 is 36.7 Å². The highest BCUT2D eigenvalue weighted by molar-refractivity contribution is 5.68. The predicted molar refractivity (Wildman–Crippen MR) is 61.7 cm³/mol. The first-order valence-corrected chi connectivity index (χ1v) is 6.03. The molecule has 0 aliphatic carbocycles. The normalized spacial score (nSPS) is 36.5. The van der Waals surface area contributed by atoms with Gasteiger partial charge in [0.25, 0.3) is 0 Å². The monoisotopic (exact) mass is 263 g/mol. The zero-order valence-corrected chi connectivity index (χ0v) is 10.7. The summed E-state index contributed by atoms with van der Waals surface area (Å²) in [5.41, 5.74) is 0. The minimum absolute atomic E-state index is 0.322. The number of hydrogen-bond acceptors (Lipinski definition) is 6. The summed E-state index contributed by atoms with van der Waals surface area (Å²) in [6.07, 6.45) is -5.17. The van der Waals surface area contributed by atoms with Crippen LogP contribution in [0.3, 0.4) is 0 Å². The lowest BCUT2D eigenvalue weighted by Crippen LogP contribution is -2.63. The molecule has 1 rings (SSSR count). The zero-order chi connectivity index (χ0) is 13.9. The molecule has 1 aliphatic rings. The topological polar surface area (TPSA) is 108 Å². The second-order valence-electron chi connectivity index (χ2n) is 4.58. The predicted octanol–water partition coefficient (Wildman–Crippen LogP) is -0.661. The van der Waals surface area contributed by atoms with E-state index in [0.29, 0.717) is 6.42 Å². The van der Waals surface area contributed by atoms with E-state index in [1.54, 1.807) is 20.8 Å². The average Bonchev–Trinajstić information content (AvgIpc) is 2.28. The molecule has 2 unspecified atom stereocenters. The van der Waals surface area contributed by atoms with Gasteiger partial charge in [0.2, 0.25) is 0 Å². The molecule has 0 aromatic heterocycles. The summed E-state index contributed by atoms with van der Waals surface area (Å²) in [7, 11) is 0. The first-order valence-electron chi connectivity index (χ1n) is 6.03. The molecular formula is C11H21NO6. The Morgan fingerprint density at radius 1 is 1.33 bits per heavy atom. The van der Waals surface area contributed by atoms with Gasteiger partial charge >= 0.3 is 6.09 Å². The van der Waals surface area contributed by atoms with Crippen LogP contribution in [0, 0.1) is 0 Å². The molecule has 0 bridgehead atoms. The van der Waals surface area contributed by atoms with Crippen LogP contribution in [0.15, 0.2) is 0 Å². The SMILES string of the molecule is CC[C@H]1OC(O)C(NC(=O)OC(C)C)[C@@H](O)[C@@H]1O. The molecule has 1 heterocycles. The van der Waals surface area contributed by atoms with Gasteiger partial charge < -0.3 is 30.1 Å². The number of carbonyl (C=O) groups excluding carboxylic acids is 1. The first-order chi connectivity index (χ1) is 8.36. The van der Waals surface area contributed by atoms with Gasteiger partial charge in [-0.05, 0) is 20.3 Å². The van der Waals surface area contributed by atoms with Crippen molar-refractivity contribution < 1.29 is 29.6 Å². The fourth-order valence-corrected chi connectivity index (χ4v) is 1.82.